The van der Waals surface area contributed by atoms with Crippen molar-refractivity contribution in [1.29, 1.82) is 0 Å². The fraction of sp³-hybridized carbons (Fsp3) is 0.105. The Labute approximate surface area is 192 Å². The van der Waals surface area contributed by atoms with Crippen molar-refractivity contribution in [3.63, 3.8) is 0 Å². The van der Waals surface area contributed by atoms with Gasteiger partial charge in [0.2, 0.25) is 11.8 Å². The van der Waals surface area contributed by atoms with Crippen molar-refractivity contribution in [1.82, 2.24) is 9.97 Å². The van der Waals surface area contributed by atoms with Crippen LogP contribution in [0.4, 0.5) is 16.5 Å². The fourth-order valence-corrected chi connectivity index (χ4v) is 4.15. The summed E-state index contributed by atoms with van der Waals surface area (Å²) in [5.41, 5.74) is 0.353. The maximum Gasteiger partial charge on any atom is 0.324 e. The van der Waals surface area contributed by atoms with Gasteiger partial charge >= 0.3 is 11.0 Å². The Balaban J connectivity index is 1.66. The Morgan fingerprint density at radius 1 is 1.12 bits per heavy atom. The van der Waals surface area contributed by atoms with Crippen LogP contribution in [-0.4, -0.2) is 43.4 Å². The summed E-state index contributed by atoms with van der Waals surface area (Å²) in [5.74, 6) is -0.419. The van der Waals surface area contributed by atoms with E-state index in [0.717, 1.165) is 11.3 Å². The van der Waals surface area contributed by atoms with Crippen molar-refractivity contribution in [2.45, 2.75) is 4.90 Å². The summed E-state index contributed by atoms with van der Waals surface area (Å²) in [6.45, 7) is 0. The molecule has 1 aromatic carbocycles. The van der Waals surface area contributed by atoms with Crippen molar-refractivity contribution in [3.8, 4) is 11.9 Å². The third-order valence-electron chi connectivity index (χ3n) is 3.94. The van der Waals surface area contributed by atoms with Gasteiger partial charge in [-0.25, -0.2) is 8.42 Å². The van der Waals surface area contributed by atoms with E-state index in [4.69, 9.17) is 9.47 Å². The highest BCUT2D eigenvalue weighted by atomic mass is 32.2. The number of aromatic nitrogens is 2. The maximum absolute atomic E-state index is 12.6. The molecule has 3 rings (SSSR count). The molecule has 14 heteroatoms. The molecular weight excluding hydrogens is 474 g/mol. The van der Waals surface area contributed by atoms with Crippen LogP contribution in [0.25, 0.3) is 6.08 Å². The molecule has 33 heavy (non-hydrogen) atoms. The summed E-state index contributed by atoms with van der Waals surface area (Å²) in [7, 11) is -1.29. The Morgan fingerprint density at radius 2 is 1.85 bits per heavy atom. The molecule has 12 nitrogen and oxygen atoms in total. The lowest BCUT2D eigenvalue weighted by atomic mass is 10.3. The zero-order valence-electron chi connectivity index (χ0n) is 17.2. The van der Waals surface area contributed by atoms with Crippen molar-refractivity contribution in [3.05, 3.63) is 63.5 Å². The van der Waals surface area contributed by atoms with Gasteiger partial charge in [-0.05, 0) is 36.4 Å². The molecule has 2 N–H and O–H groups in total. The number of amides is 1. The molecule has 2 aromatic heterocycles. The number of rotatable bonds is 9. The highest BCUT2D eigenvalue weighted by Gasteiger charge is 2.17. The van der Waals surface area contributed by atoms with E-state index in [2.05, 4.69) is 20.0 Å². The van der Waals surface area contributed by atoms with E-state index in [-0.39, 0.29) is 27.6 Å². The van der Waals surface area contributed by atoms with Gasteiger partial charge in [0.05, 0.1) is 24.0 Å². The molecular formula is C19H17N5O7S2. The van der Waals surface area contributed by atoms with Crippen LogP contribution in [0.3, 0.4) is 0 Å². The van der Waals surface area contributed by atoms with E-state index in [1.165, 1.54) is 68.8 Å². The fourth-order valence-electron chi connectivity index (χ4n) is 2.44. The number of hydrogen-bond acceptors (Lipinski definition) is 10. The highest BCUT2D eigenvalue weighted by Crippen LogP contribution is 2.25. The summed E-state index contributed by atoms with van der Waals surface area (Å²) in [6.07, 6.45) is 2.66. The van der Waals surface area contributed by atoms with Crippen LogP contribution in [0, 0.1) is 10.1 Å². The van der Waals surface area contributed by atoms with Crippen LogP contribution in [-0.2, 0) is 14.8 Å². The molecule has 0 atom stereocenters. The van der Waals surface area contributed by atoms with Crippen LogP contribution >= 0.6 is 11.3 Å². The summed E-state index contributed by atoms with van der Waals surface area (Å²) in [6, 6.07) is 9.54. The number of nitro groups is 1. The molecule has 1 amide bonds. The number of hydrogen-bond donors (Lipinski definition) is 2. The Kier molecular flexibility index (Phi) is 7.20. The van der Waals surface area contributed by atoms with Crippen LogP contribution in [0.5, 0.6) is 11.9 Å². The Hall–Kier alpha value is -4.04. The first-order valence-corrected chi connectivity index (χ1v) is 11.3. The lowest BCUT2D eigenvalue weighted by Crippen LogP contribution is -2.15. The molecule has 0 fully saturated rings. The van der Waals surface area contributed by atoms with Crippen molar-refractivity contribution in [2.75, 3.05) is 24.3 Å². The average molecular weight is 492 g/mol. The lowest BCUT2D eigenvalue weighted by molar-refractivity contribution is -0.380. The van der Waals surface area contributed by atoms with Gasteiger partial charge in [-0.3, -0.25) is 19.6 Å². The number of methoxy groups -OCH3 is 2. The predicted molar refractivity (Wildman–Crippen MR) is 121 cm³/mol. The number of thiophene rings is 1. The first kappa shape index (κ1) is 23.6. The summed E-state index contributed by atoms with van der Waals surface area (Å²) in [5, 5.41) is 13.2. The van der Waals surface area contributed by atoms with Gasteiger partial charge in [-0.15, -0.1) is 0 Å². The normalized spacial score (nSPS) is 11.2. The maximum atomic E-state index is 12.6. The predicted octanol–water partition coefficient (Wildman–Crippen LogP) is 2.92. The molecule has 0 saturated heterocycles. The molecule has 0 aliphatic heterocycles. The van der Waals surface area contributed by atoms with Crippen molar-refractivity contribution >= 4 is 49.8 Å². The third kappa shape index (κ3) is 6.24. The second-order valence-corrected chi connectivity index (χ2v) is 8.94. The standard InChI is InChI=1S/C19H17N5O7S2/c1-30-17-11-15(21-19(22-17)31-2)23-33(28,29)14-7-3-12(4-8-14)20-16(25)9-5-13-6-10-18(32-13)24(26)27/h3-11H,1-2H3,(H,20,25)(H,21,22,23)/b9-5-. The first-order chi connectivity index (χ1) is 15.7. The zero-order chi connectivity index (χ0) is 24.0. The van der Waals surface area contributed by atoms with Gasteiger partial charge in [0.25, 0.3) is 10.0 Å². The minimum Gasteiger partial charge on any atom is -0.481 e. The summed E-state index contributed by atoms with van der Waals surface area (Å²) in [4.78, 5) is 30.5. The largest absolute Gasteiger partial charge is 0.481 e. The first-order valence-electron chi connectivity index (χ1n) is 9.03. The van der Waals surface area contributed by atoms with Gasteiger partial charge in [0.15, 0.2) is 5.82 Å². The van der Waals surface area contributed by atoms with E-state index in [1.807, 2.05) is 0 Å². The Bertz CT molecular complexity index is 1280. The molecule has 3 aromatic rings. The molecule has 0 saturated carbocycles. The zero-order valence-corrected chi connectivity index (χ0v) is 18.8. The molecule has 0 spiro atoms. The van der Waals surface area contributed by atoms with E-state index < -0.39 is 20.9 Å². The van der Waals surface area contributed by atoms with Crippen LogP contribution in [0.2, 0.25) is 0 Å². The molecule has 0 unspecified atom stereocenters. The monoisotopic (exact) mass is 491 g/mol. The number of nitrogens with one attached hydrogen (secondary N) is 2. The van der Waals surface area contributed by atoms with Gasteiger partial charge in [0.1, 0.15) is 0 Å². The smallest absolute Gasteiger partial charge is 0.324 e. The quantitative estimate of drug-likeness (QED) is 0.260. The topological polar surface area (TPSA) is 163 Å². The number of carbonyl (C=O) groups is 1. The van der Waals surface area contributed by atoms with Gasteiger partial charge < -0.3 is 14.8 Å². The molecule has 0 radical (unpaired) electrons. The number of benzene rings is 1. The second-order valence-electron chi connectivity index (χ2n) is 6.17. The van der Waals surface area contributed by atoms with Gasteiger partial charge in [-0.2, -0.15) is 9.97 Å². The van der Waals surface area contributed by atoms with E-state index in [1.54, 1.807) is 0 Å². The van der Waals surface area contributed by atoms with Crippen molar-refractivity contribution in [2.24, 2.45) is 0 Å². The van der Waals surface area contributed by atoms with Crippen LogP contribution in [0.15, 0.2) is 53.4 Å². The van der Waals surface area contributed by atoms with Gasteiger partial charge in [-0.1, -0.05) is 11.3 Å². The van der Waals surface area contributed by atoms with Crippen molar-refractivity contribution < 1.29 is 27.6 Å². The molecule has 0 bridgehead atoms. The molecule has 0 aliphatic rings. The number of carbonyl (C=O) groups excluding carboxylic acids is 1. The van der Waals surface area contributed by atoms with E-state index in [0.29, 0.717) is 10.6 Å². The van der Waals surface area contributed by atoms with Crippen LogP contribution in [0.1, 0.15) is 4.88 Å². The SMILES string of the molecule is COc1cc(NS(=O)(=O)c2ccc(NC(=O)/C=C\c3ccc([N+](=O)[O-])s3)cc2)nc(OC)n1. The number of nitrogens with zero attached hydrogens (tertiary/aromatic N) is 3. The molecule has 0 aliphatic carbocycles. The molecule has 172 valence electrons. The summed E-state index contributed by atoms with van der Waals surface area (Å²) >= 11 is 0.935. The Morgan fingerprint density at radius 3 is 2.45 bits per heavy atom. The van der Waals surface area contributed by atoms with E-state index >= 15 is 0 Å². The molecule has 2 heterocycles. The van der Waals surface area contributed by atoms with E-state index in [9.17, 15) is 23.3 Å². The van der Waals surface area contributed by atoms with Gasteiger partial charge in [0, 0.05) is 28.8 Å². The third-order valence-corrected chi connectivity index (χ3v) is 6.31. The second kappa shape index (κ2) is 10.1. The number of ether oxygens (including phenoxy) is 2. The number of anilines is 2. The van der Waals surface area contributed by atoms with Crippen LogP contribution < -0.4 is 19.5 Å². The summed E-state index contributed by atoms with van der Waals surface area (Å²) < 4.78 is 37.5. The minimum absolute atomic E-state index is 0.0284. The minimum atomic E-state index is -3.99. The number of sulfonamides is 1. The highest BCUT2D eigenvalue weighted by molar-refractivity contribution is 7.92. The lowest BCUT2D eigenvalue weighted by Gasteiger charge is -2.10. The average Bonchev–Trinajstić information content (AvgIpc) is 3.27.